The number of urea groups is 1. The summed E-state index contributed by atoms with van der Waals surface area (Å²) in [6.07, 6.45) is -0.891. The van der Waals surface area contributed by atoms with Crippen molar-refractivity contribution in [1.29, 1.82) is 0 Å². The van der Waals surface area contributed by atoms with Crippen LogP contribution >= 0.6 is 0 Å². The molecule has 0 aliphatic carbocycles. The van der Waals surface area contributed by atoms with Gasteiger partial charge >= 0.3 is 6.03 Å². The Morgan fingerprint density at radius 3 is 2.39 bits per heavy atom. The number of aliphatic hydroxyl groups excluding tert-OH is 1. The molecule has 0 fully saturated rings. The number of rotatable bonds is 6. The van der Waals surface area contributed by atoms with Crippen LogP contribution in [0.25, 0.3) is 10.8 Å². The molecule has 0 heterocycles. The van der Waals surface area contributed by atoms with Crippen LogP contribution in [0.5, 0.6) is 0 Å². The van der Waals surface area contributed by atoms with Gasteiger partial charge < -0.3 is 15.3 Å². The number of carbonyl (C=O) groups is 1. The maximum Gasteiger partial charge on any atom is 0.321 e. The number of nitrogens with one attached hydrogen (secondary N) is 1. The summed E-state index contributed by atoms with van der Waals surface area (Å²) in [7, 11) is 0. The van der Waals surface area contributed by atoms with Crippen molar-refractivity contribution in [2.24, 2.45) is 5.92 Å². The van der Waals surface area contributed by atoms with Gasteiger partial charge in [-0.1, -0.05) is 62.4 Å². The van der Waals surface area contributed by atoms with Gasteiger partial charge in [-0.25, -0.2) is 9.18 Å². The Bertz CT molecular complexity index is 935. The minimum atomic E-state index is -0.891. The molecule has 0 saturated carbocycles. The summed E-state index contributed by atoms with van der Waals surface area (Å²) in [4.78, 5) is 14.6. The lowest BCUT2D eigenvalue weighted by Crippen LogP contribution is -2.40. The van der Waals surface area contributed by atoms with Gasteiger partial charge in [0, 0.05) is 11.9 Å². The monoisotopic (exact) mass is 380 g/mol. The van der Waals surface area contributed by atoms with Crippen LogP contribution in [-0.2, 0) is 0 Å². The molecule has 146 valence electrons. The van der Waals surface area contributed by atoms with E-state index in [-0.39, 0.29) is 24.3 Å². The van der Waals surface area contributed by atoms with E-state index in [1.54, 1.807) is 4.90 Å². The van der Waals surface area contributed by atoms with Crippen molar-refractivity contribution >= 4 is 22.5 Å². The number of carbonyl (C=O) groups excluding carboxylic acids is 1. The average Bonchev–Trinajstić information content (AvgIpc) is 2.68. The number of halogens is 1. The van der Waals surface area contributed by atoms with Crippen LogP contribution in [0.1, 0.15) is 25.5 Å². The molecule has 1 atom stereocenters. The molecule has 0 unspecified atom stereocenters. The van der Waals surface area contributed by atoms with Gasteiger partial charge in [-0.3, -0.25) is 0 Å². The maximum atomic E-state index is 13.1. The standard InChI is InChI=1S/C23H25FN2O2/c1-16(2)14-26(15-22(27)18-10-12-19(24)13-11-18)23(28)25-21-9-5-7-17-6-3-4-8-20(17)21/h3-13,16,22,27H,14-15H2,1-2H3,(H,25,28)/t22-/m0/s1. The molecule has 0 aliphatic heterocycles. The normalized spacial score (nSPS) is 12.2. The first-order valence-electron chi connectivity index (χ1n) is 9.41. The van der Waals surface area contributed by atoms with E-state index in [0.717, 1.165) is 16.5 Å². The van der Waals surface area contributed by atoms with E-state index in [1.807, 2.05) is 56.3 Å². The number of hydrogen-bond acceptors (Lipinski definition) is 2. The Kier molecular flexibility index (Phi) is 6.26. The van der Waals surface area contributed by atoms with E-state index in [9.17, 15) is 14.3 Å². The zero-order valence-corrected chi connectivity index (χ0v) is 16.1. The van der Waals surface area contributed by atoms with Crippen molar-refractivity contribution < 1.29 is 14.3 Å². The minimum Gasteiger partial charge on any atom is -0.387 e. The molecule has 2 amide bonds. The highest BCUT2D eigenvalue weighted by atomic mass is 19.1. The predicted octanol–water partition coefficient (Wildman–Crippen LogP) is 5.20. The Hall–Kier alpha value is -2.92. The van der Waals surface area contributed by atoms with Gasteiger partial charge in [-0.2, -0.15) is 0 Å². The third-order valence-electron chi connectivity index (χ3n) is 4.55. The smallest absolute Gasteiger partial charge is 0.321 e. The fourth-order valence-corrected chi connectivity index (χ4v) is 3.21. The van der Waals surface area contributed by atoms with E-state index in [1.165, 1.54) is 24.3 Å². The zero-order valence-electron chi connectivity index (χ0n) is 16.1. The van der Waals surface area contributed by atoms with Crippen LogP contribution in [0.4, 0.5) is 14.9 Å². The minimum absolute atomic E-state index is 0.125. The molecule has 3 aromatic rings. The molecule has 28 heavy (non-hydrogen) atoms. The first kappa shape index (κ1) is 19.8. The summed E-state index contributed by atoms with van der Waals surface area (Å²) in [6.45, 7) is 4.65. The molecule has 0 saturated heterocycles. The van der Waals surface area contributed by atoms with E-state index in [4.69, 9.17) is 0 Å². The molecule has 0 radical (unpaired) electrons. The van der Waals surface area contributed by atoms with Crippen molar-refractivity contribution in [2.45, 2.75) is 20.0 Å². The summed E-state index contributed by atoms with van der Waals surface area (Å²) in [5.74, 6) is -0.123. The van der Waals surface area contributed by atoms with Crippen LogP contribution in [0, 0.1) is 11.7 Å². The molecule has 5 heteroatoms. The predicted molar refractivity (Wildman–Crippen MR) is 111 cm³/mol. The summed E-state index contributed by atoms with van der Waals surface area (Å²) >= 11 is 0. The second kappa shape index (κ2) is 8.85. The summed E-state index contributed by atoms with van der Waals surface area (Å²) in [6, 6.07) is 19.0. The summed E-state index contributed by atoms with van der Waals surface area (Å²) in [5, 5.41) is 15.5. The molecule has 2 N–H and O–H groups in total. The highest BCUT2D eigenvalue weighted by Crippen LogP contribution is 2.24. The molecule has 0 aromatic heterocycles. The third kappa shape index (κ3) is 4.87. The van der Waals surface area contributed by atoms with E-state index in [0.29, 0.717) is 12.1 Å². The van der Waals surface area contributed by atoms with Crippen LogP contribution < -0.4 is 5.32 Å². The molecule has 0 aliphatic rings. The molecule has 0 bridgehead atoms. The van der Waals surface area contributed by atoms with Crippen LogP contribution in [0.2, 0.25) is 0 Å². The van der Waals surface area contributed by atoms with E-state index in [2.05, 4.69) is 5.32 Å². The van der Waals surface area contributed by atoms with E-state index >= 15 is 0 Å². The van der Waals surface area contributed by atoms with Crippen LogP contribution in [-0.4, -0.2) is 29.1 Å². The lowest BCUT2D eigenvalue weighted by atomic mass is 10.1. The largest absolute Gasteiger partial charge is 0.387 e. The van der Waals surface area contributed by atoms with Gasteiger partial charge in [0.15, 0.2) is 0 Å². The van der Waals surface area contributed by atoms with Gasteiger partial charge in [0.2, 0.25) is 0 Å². The third-order valence-corrected chi connectivity index (χ3v) is 4.55. The van der Waals surface area contributed by atoms with Crippen molar-refractivity contribution in [1.82, 2.24) is 4.90 Å². The highest BCUT2D eigenvalue weighted by Gasteiger charge is 2.20. The fourth-order valence-electron chi connectivity index (χ4n) is 3.21. The number of fused-ring (bicyclic) bond motifs is 1. The lowest BCUT2D eigenvalue weighted by Gasteiger charge is -2.27. The second-order valence-corrected chi connectivity index (χ2v) is 7.32. The number of nitrogens with zero attached hydrogens (tertiary/aromatic N) is 1. The zero-order chi connectivity index (χ0) is 20.1. The number of benzene rings is 3. The van der Waals surface area contributed by atoms with Gasteiger partial charge in [-0.15, -0.1) is 0 Å². The average molecular weight is 380 g/mol. The first-order chi connectivity index (χ1) is 13.4. The van der Waals surface area contributed by atoms with E-state index < -0.39 is 6.10 Å². The number of hydrogen-bond donors (Lipinski definition) is 2. The molecular formula is C23H25FN2O2. The molecule has 0 spiro atoms. The van der Waals surface area contributed by atoms with Crippen molar-refractivity contribution in [3.05, 3.63) is 78.1 Å². The van der Waals surface area contributed by atoms with Crippen LogP contribution in [0.15, 0.2) is 66.7 Å². The Labute approximate surface area is 164 Å². The van der Waals surface area contributed by atoms with Gasteiger partial charge in [0.05, 0.1) is 18.3 Å². The summed E-state index contributed by atoms with van der Waals surface area (Å²) < 4.78 is 13.1. The van der Waals surface area contributed by atoms with Gasteiger partial charge in [-0.05, 0) is 35.1 Å². The topological polar surface area (TPSA) is 52.6 Å². The van der Waals surface area contributed by atoms with Gasteiger partial charge in [0.1, 0.15) is 5.82 Å². The molecular weight excluding hydrogens is 355 g/mol. The van der Waals surface area contributed by atoms with Crippen molar-refractivity contribution in [3.63, 3.8) is 0 Å². The van der Waals surface area contributed by atoms with Crippen LogP contribution in [0.3, 0.4) is 0 Å². The first-order valence-corrected chi connectivity index (χ1v) is 9.41. The number of anilines is 1. The number of aliphatic hydroxyl groups is 1. The SMILES string of the molecule is CC(C)CN(C[C@H](O)c1ccc(F)cc1)C(=O)Nc1cccc2ccccc12. The second-order valence-electron chi connectivity index (χ2n) is 7.32. The Morgan fingerprint density at radius 1 is 1.00 bits per heavy atom. The highest BCUT2D eigenvalue weighted by molar-refractivity contribution is 6.01. The molecule has 4 nitrogen and oxygen atoms in total. The van der Waals surface area contributed by atoms with Crippen molar-refractivity contribution in [3.8, 4) is 0 Å². The Balaban J connectivity index is 1.78. The quantitative estimate of drug-likeness (QED) is 0.617. The molecule has 3 rings (SSSR count). The number of amides is 2. The fraction of sp³-hybridized carbons (Fsp3) is 0.261. The maximum absolute atomic E-state index is 13.1. The lowest BCUT2D eigenvalue weighted by molar-refractivity contribution is 0.121. The van der Waals surface area contributed by atoms with Crippen molar-refractivity contribution in [2.75, 3.05) is 18.4 Å². The summed E-state index contributed by atoms with van der Waals surface area (Å²) in [5.41, 5.74) is 1.31. The Morgan fingerprint density at radius 2 is 1.68 bits per heavy atom. The van der Waals surface area contributed by atoms with Gasteiger partial charge in [0.25, 0.3) is 0 Å². The molecule has 3 aromatic carbocycles.